The zero-order chi connectivity index (χ0) is 20.5. The van der Waals surface area contributed by atoms with Gasteiger partial charge in [0, 0.05) is 11.5 Å². The highest BCUT2D eigenvalue weighted by molar-refractivity contribution is 9.10. The van der Waals surface area contributed by atoms with Gasteiger partial charge in [-0.3, -0.25) is 9.69 Å². The number of benzene rings is 2. The molecule has 3 rings (SSSR count). The average Bonchev–Trinajstić information content (AvgIpc) is 2.86. The van der Waals surface area contributed by atoms with Gasteiger partial charge in [-0.05, 0) is 40.2 Å². The molecule has 1 N–H and O–H groups in total. The summed E-state index contributed by atoms with van der Waals surface area (Å²) in [6.45, 7) is 0. The number of alkyl halides is 3. The third kappa shape index (κ3) is 4.27. The normalized spacial score (nSPS) is 17.4. The number of nitrogens with one attached hydrogen (secondary N) is 1. The Morgan fingerprint density at radius 2 is 1.64 bits per heavy atom. The summed E-state index contributed by atoms with van der Waals surface area (Å²) in [7, 11) is 1.37. The standard InChI is InChI=1S/C18H14BrCl3N4O2/c1-25-15(27)14(26(17(25)28)11-7-3-2-4-8-11)24-16(18(20,21)22)23-13-10-6-5-9-12(13)19/h2-10,16,23H,1H3. The van der Waals surface area contributed by atoms with Crippen LogP contribution < -0.4 is 10.2 Å². The molecule has 1 unspecified atom stereocenters. The Bertz CT molecular complexity index is 934. The zero-order valence-electron chi connectivity index (χ0n) is 14.4. The second-order valence-electron chi connectivity index (χ2n) is 5.84. The topological polar surface area (TPSA) is 65.0 Å². The maximum Gasteiger partial charge on any atom is 0.337 e. The zero-order valence-corrected chi connectivity index (χ0v) is 18.3. The molecule has 6 nitrogen and oxygen atoms in total. The SMILES string of the molecule is CN1C(=O)C(=NC(Nc2ccccc2Br)C(Cl)(Cl)Cl)N(c2ccccc2)C1=O. The fourth-order valence-electron chi connectivity index (χ4n) is 2.53. The van der Waals surface area contributed by atoms with Gasteiger partial charge in [0.1, 0.15) is 0 Å². The lowest BCUT2D eigenvalue weighted by Gasteiger charge is -2.25. The van der Waals surface area contributed by atoms with Crippen molar-refractivity contribution in [2.45, 2.75) is 9.96 Å². The Morgan fingerprint density at radius 1 is 1.04 bits per heavy atom. The maximum atomic E-state index is 12.6. The molecule has 1 atom stereocenters. The van der Waals surface area contributed by atoms with Gasteiger partial charge < -0.3 is 5.32 Å². The molecule has 1 fully saturated rings. The molecule has 0 spiro atoms. The molecule has 0 aromatic heterocycles. The number of rotatable bonds is 4. The van der Waals surface area contributed by atoms with E-state index in [1.165, 1.54) is 11.9 Å². The quantitative estimate of drug-likeness (QED) is 0.468. The van der Waals surface area contributed by atoms with E-state index >= 15 is 0 Å². The number of imide groups is 1. The van der Waals surface area contributed by atoms with Crippen molar-refractivity contribution in [1.82, 2.24) is 4.90 Å². The number of carbonyl (C=O) groups is 2. The van der Waals surface area contributed by atoms with E-state index in [1.54, 1.807) is 48.5 Å². The third-order valence-electron chi connectivity index (χ3n) is 3.93. The van der Waals surface area contributed by atoms with E-state index in [0.29, 0.717) is 11.4 Å². The van der Waals surface area contributed by atoms with Crippen LogP contribution in [0.3, 0.4) is 0 Å². The number of urea groups is 1. The molecule has 0 aliphatic carbocycles. The molecular formula is C18H14BrCl3N4O2. The highest BCUT2D eigenvalue weighted by atomic mass is 79.9. The maximum absolute atomic E-state index is 12.6. The van der Waals surface area contributed by atoms with E-state index in [0.717, 1.165) is 9.37 Å². The third-order valence-corrected chi connectivity index (χ3v) is 5.24. The van der Waals surface area contributed by atoms with Crippen molar-refractivity contribution in [2.24, 2.45) is 4.99 Å². The first kappa shape index (κ1) is 20.9. The lowest BCUT2D eigenvalue weighted by Crippen LogP contribution is -2.38. The predicted octanol–water partition coefficient (Wildman–Crippen LogP) is 5.05. The summed E-state index contributed by atoms with van der Waals surface area (Å²) in [4.78, 5) is 31.7. The predicted molar refractivity (Wildman–Crippen MR) is 116 cm³/mol. The Morgan fingerprint density at radius 3 is 2.25 bits per heavy atom. The first-order valence-corrected chi connectivity index (χ1v) is 9.95. The van der Waals surface area contributed by atoms with Crippen LogP contribution in [0.5, 0.6) is 0 Å². The highest BCUT2D eigenvalue weighted by Gasteiger charge is 2.43. The molecule has 1 heterocycles. The van der Waals surface area contributed by atoms with Crippen LogP contribution in [0.15, 0.2) is 64.1 Å². The number of amides is 3. The molecule has 0 radical (unpaired) electrons. The monoisotopic (exact) mass is 502 g/mol. The molecule has 1 aliphatic heterocycles. The number of anilines is 2. The number of aliphatic imine (C=N–C) groups is 1. The van der Waals surface area contributed by atoms with Crippen LogP contribution in [-0.2, 0) is 4.79 Å². The minimum atomic E-state index is -1.89. The largest absolute Gasteiger partial charge is 0.359 e. The molecule has 10 heteroatoms. The minimum Gasteiger partial charge on any atom is -0.359 e. The number of para-hydroxylation sites is 2. The number of hydrogen-bond donors (Lipinski definition) is 1. The average molecular weight is 505 g/mol. The van der Waals surface area contributed by atoms with Crippen molar-refractivity contribution in [3.63, 3.8) is 0 Å². The van der Waals surface area contributed by atoms with E-state index in [-0.39, 0.29) is 5.84 Å². The molecule has 1 saturated heterocycles. The van der Waals surface area contributed by atoms with Crippen molar-refractivity contribution >= 4 is 79.9 Å². The van der Waals surface area contributed by atoms with Gasteiger partial charge in [-0.2, -0.15) is 0 Å². The summed E-state index contributed by atoms with van der Waals surface area (Å²) >= 11 is 21.7. The van der Waals surface area contributed by atoms with Gasteiger partial charge in [-0.25, -0.2) is 14.7 Å². The lowest BCUT2D eigenvalue weighted by atomic mass is 10.3. The summed E-state index contributed by atoms with van der Waals surface area (Å²) in [5.41, 5.74) is 1.09. The van der Waals surface area contributed by atoms with E-state index in [4.69, 9.17) is 34.8 Å². The summed E-state index contributed by atoms with van der Waals surface area (Å²) in [6, 6.07) is 15.3. The van der Waals surface area contributed by atoms with Crippen molar-refractivity contribution < 1.29 is 9.59 Å². The number of carbonyl (C=O) groups excluding carboxylic acids is 2. The van der Waals surface area contributed by atoms with E-state index in [1.807, 2.05) is 6.07 Å². The molecule has 146 valence electrons. The minimum absolute atomic E-state index is 0.144. The van der Waals surface area contributed by atoms with Crippen molar-refractivity contribution in [3.8, 4) is 0 Å². The van der Waals surface area contributed by atoms with Crippen molar-refractivity contribution in [3.05, 3.63) is 59.1 Å². The number of hydrogen-bond acceptors (Lipinski definition) is 4. The highest BCUT2D eigenvalue weighted by Crippen LogP contribution is 2.35. The molecule has 0 bridgehead atoms. The van der Waals surface area contributed by atoms with Gasteiger partial charge in [0.25, 0.3) is 5.91 Å². The van der Waals surface area contributed by atoms with E-state index < -0.39 is 21.9 Å². The molecule has 28 heavy (non-hydrogen) atoms. The van der Waals surface area contributed by atoms with E-state index in [2.05, 4.69) is 26.2 Å². The molecule has 2 aromatic rings. The van der Waals surface area contributed by atoms with Crippen LogP contribution in [0.2, 0.25) is 0 Å². The van der Waals surface area contributed by atoms with Crippen LogP contribution in [0.1, 0.15) is 0 Å². The molecule has 3 amide bonds. The van der Waals surface area contributed by atoms with Crippen LogP contribution in [0.4, 0.5) is 16.2 Å². The van der Waals surface area contributed by atoms with Gasteiger partial charge in [0.15, 0.2) is 6.17 Å². The smallest absolute Gasteiger partial charge is 0.337 e. The fraction of sp³-hybridized carbons (Fsp3) is 0.167. The second-order valence-corrected chi connectivity index (χ2v) is 9.06. The molecule has 0 saturated carbocycles. The Kier molecular flexibility index (Phi) is 6.19. The van der Waals surface area contributed by atoms with Gasteiger partial charge in [0.05, 0.1) is 11.4 Å². The van der Waals surface area contributed by atoms with Crippen molar-refractivity contribution in [2.75, 3.05) is 17.3 Å². The number of amidine groups is 1. The van der Waals surface area contributed by atoms with E-state index in [9.17, 15) is 9.59 Å². The Balaban J connectivity index is 2.05. The number of nitrogens with zero attached hydrogens (tertiary/aromatic N) is 3. The number of likely N-dealkylation sites (N-methyl/N-ethyl adjacent to an activating group) is 1. The van der Waals surface area contributed by atoms with Gasteiger partial charge in [-0.15, -0.1) is 0 Å². The summed E-state index contributed by atoms with van der Waals surface area (Å²) in [5, 5.41) is 3.00. The molecular weight excluding hydrogens is 490 g/mol. The summed E-state index contributed by atoms with van der Waals surface area (Å²) < 4.78 is -1.17. The summed E-state index contributed by atoms with van der Waals surface area (Å²) in [5.74, 6) is -0.739. The Labute approximate surface area is 185 Å². The van der Waals surface area contributed by atoms with Crippen LogP contribution in [0.25, 0.3) is 0 Å². The lowest BCUT2D eigenvalue weighted by molar-refractivity contribution is -0.119. The molecule has 1 aliphatic rings. The number of halogens is 4. The first-order chi connectivity index (χ1) is 13.2. The Hall–Kier alpha value is -1.80. The van der Waals surface area contributed by atoms with Gasteiger partial charge in [0.2, 0.25) is 9.63 Å². The van der Waals surface area contributed by atoms with Gasteiger partial charge in [-0.1, -0.05) is 65.1 Å². The second kappa shape index (κ2) is 8.29. The first-order valence-electron chi connectivity index (χ1n) is 8.03. The van der Waals surface area contributed by atoms with Crippen LogP contribution in [0, 0.1) is 0 Å². The summed E-state index contributed by atoms with van der Waals surface area (Å²) in [6.07, 6.45) is -1.14. The van der Waals surface area contributed by atoms with Gasteiger partial charge >= 0.3 is 6.03 Å². The molecule has 2 aromatic carbocycles. The van der Waals surface area contributed by atoms with Crippen LogP contribution >= 0.6 is 50.7 Å². The fourth-order valence-corrected chi connectivity index (χ4v) is 3.24. The van der Waals surface area contributed by atoms with Crippen molar-refractivity contribution in [1.29, 1.82) is 0 Å². The van der Waals surface area contributed by atoms with Crippen LogP contribution in [-0.4, -0.2) is 39.7 Å².